The maximum absolute atomic E-state index is 13.1. The van der Waals surface area contributed by atoms with Crippen molar-refractivity contribution in [2.45, 2.75) is 39.5 Å². The van der Waals surface area contributed by atoms with Gasteiger partial charge in [-0.15, -0.1) is 0 Å². The van der Waals surface area contributed by atoms with Crippen molar-refractivity contribution in [1.29, 1.82) is 0 Å². The summed E-state index contributed by atoms with van der Waals surface area (Å²) in [5.41, 5.74) is 1.25. The number of carbonyl (C=O) groups excluding carboxylic acids is 1. The smallest absolute Gasteiger partial charge is 0.234 e. The van der Waals surface area contributed by atoms with Crippen molar-refractivity contribution >= 4 is 27.5 Å². The molecule has 3 heteroatoms. The van der Waals surface area contributed by atoms with Gasteiger partial charge in [0.05, 0.1) is 5.41 Å². The average Bonchev–Trinajstić information content (AvgIpc) is 2.46. The molecule has 1 amide bonds. The summed E-state index contributed by atoms with van der Waals surface area (Å²) in [5, 5.41) is 3.07. The van der Waals surface area contributed by atoms with E-state index in [9.17, 15) is 4.79 Å². The Morgan fingerprint density at radius 1 is 0.957 bits per heavy atom. The molecule has 2 aromatic rings. The number of halogens is 1. The SMILES string of the molecule is CC(C)(C)C[C@@](C)(C(=O)Nc1ccccc1)c1ccccc1Br. The van der Waals surface area contributed by atoms with Crippen LogP contribution >= 0.6 is 15.9 Å². The lowest BCUT2D eigenvalue weighted by molar-refractivity contribution is -0.122. The van der Waals surface area contributed by atoms with E-state index in [2.05, 4.69) is 42.0 Å². The van der Waals surface area contributed by atoms with Gasteiger partial charge in [0.25, 0.3) is 0 Å². The van der Waals surface area contributed by atoms with Crippen LogP contribution in [-0.2, 0) is 10.2 Å². The number of benzene rings is 2. The molecule has 0 aliphatic heterocycles. The first-order chi connectivity index (χ1) is 10.7. The van der Waals surface area contributed by atoms with Gasteiger partial charge in [-0.25, -0.2) is 0 Å². The molecule has 23 heavy (non-hydrogen) atoms. The van der Waals surface area contributed by atoms with E-state index >= 15 is 0 Å². The first kappa shape index (κ1) is 17.7. The minimum absolute atomic E-state index is 0.0190. The van der Waals surface area contributed by atoms with Crippen molar-refractivity contribution < 1.29 is 4.79 Å². The second-order valence-corrected chi connectivity index (χ2v) is 8.22. The van der Waals surface area contributed by atoms with E-state index in [4.69, 9.17) is 0 Å². The van der Waals surface area contributed by atoms with Crippen LogP contribution in [0.3, 0.4) is 0 Å². The Morgan fingerprint density at radius 3 is 2.09 bits per heavy atom. The maximum atomic E-state index is 13.1. The standard InChI is InChI=1S/C20H24BrNO/c1-19(2,3)14-20(4,16-12-8-9-13-17(16)21)18(23)22-15-10-6-5-7-11-15/h5-13H,14H2,1-4H3,(H,22,23)/t20-/m1/s1. The van der Waals surface area contributed by atoms with Crippen molar-refractivity contribution in [2.24, 2.45) is 5.41 Å². The van der Waals surface area contributed by atoms with E-state index in [1.165, 1.54) is 0 Å². The van der Waals surface area contributed by atoms with Crippen molar-refractivity contribution in [3.63, 3.8) is 0 Å². The Bertz CT molecular complexity index is 676. The largest absolute Gasteiger partial charge is 0.325 e. The predicted molar refractivity (Wildman–Crippen MR) is 101 cm³/mol. The quantitative estimate of drug-likeness (QED) is 0.722. The highest BCUT2D eigenvalue weighted by molar-refractivity contribution is 9.10. The number of carbonyl (C=O) groups is 1. The zero-order valence-corrected chi connectivity index (χ0v) is 15.8. The number of amides is 1. The Labute approximate surface area is 147 Å². The van der Waals surface area contributed by atoms with E-state index in [1.807, 2.05) is 61.5 Å². The third kappa shape index (κ3) is 4.44. The molecular formula is C20H24BrNO. The molecule has 0 radical (unpaired) electrons. The molecule has 0 heterocycles. The molecule has 0 unspecified atom stereocenters. The molecule has 0 aromatic heterocycles. The average molecular weight is 374 g/mol. The number of nitrogens with one attached hydrogen (secondary N) is 1. The van der Waals surface area contributed by atoms with Crippen LogP contribution in [0.5, 0.6) is 0 Å². The molecule has 1 N–H and O–H groups in total. The first-order valence-corrected chi connectivity index (χ1v) is 8.63. The lowest BCUT2D eigenvalue weighted by Gasteiger charge is -2.35. The van der Waals surface area contributed by atoms with Crippen LogP contribution in [0.1, 0.15) is 39.7 Å². The van der Waals surface area contributed by atoms with Crippen molar-refractivity contribution in [1.82, 2.24) is 0 Å². The molecule has 0 aliphatic carbocycles. The summed E-state index contributed by atoms with van der Waals surface area (Å²) in [6, 6.07) is 17.6. The predicted octanol–water partition coefficient (Wildman–Crippen LogP) is 5.78. The molecule has 2 nitrogen and oxygen atoms in total. The zero-order valence-electron chi connectivity index (χ0n) is 14.2. The fourth-order valence-electron chi connectivity index (χ4n) is 3.06. The summed E-state index contributed by atoms with van der Waals surface area (Å²) >= 11 is 3.61. The van der Waals surface area contributed by atoms with Gasteiger partial charge in [-0.2, -0.15) is 0 Å². The van der Waals surface area contributed by atoms with Gasteiger partial charge in [-0.3, -0.25) is 4.79 Å². The van der Waals surface area contributed by atoms with Crippen LogP contribution in [0.15, 0.2) is 59.1 Å². The lowest BCUT2D eigenvalue weighted by Crippen LogP contribution is -2.41. The molecule has 2 aromatic carbocycles. The van der Waals surface area contributed by atoms with Crippen LogP contribution in [-0.4, -0.2) is 5.91 Å². The van der Waals surface area contributed by atoms with Gasteiger partial charge in [0.2, 0.25) is 5.91 Å². The highest BCUT2D eigenvalue weighted by Crippen LogP contribution is 2.40. The van der Waals surface area contributed by atoms with Crippen molar-refractivity contribution in [2.75, 3.05) is 5.32 Å². The number of hydrogen-bond donors (Lipinski definition) is 1. The van der Waals surface area contributed by atoms with Gasteiger partial charge in [0.15, 0.2) is 0 Å². The van der Waals surface area contributed by atoms with E-state index in [1.54, 1.807) is 0 Å². The fraction of sp³-hybridized carbons (Fsp3) is 0.350. The van der Waals surface area contributed by atoms with Crippen molar-refractivity contribution in [3.8, 4) is 0 Å². The number of anilines is 1. The van der Waals surface area contributed by atoms with Crippen LogP contribution in [0.2, 0.25) is 0 Å². The normalized spacial score (nSPS) is 14.1. The molecule has 0 saturated heterocycles. The van der Waals surface area contributed by atoms with Crippen LogP contribution in [0, 0.1) is 5.41 Å². The number of hydrogen-bond acceptors (Lipinski definition) is 1. The van der Waals surface area contributed by atoms with Gasteiger partial charge in [-0.05, 0) is 42.5 Å². The third-order valence-electron chi connectivity index (χ3n) is 3.89. The Morgan fingerprint density at radius 2 is 1.52 bits per heavy atom. The number of para-hydroxylation sites is 1. The summed E-state index contributed by atoms with van der Waals surface area (Å²) in [5.74, 6) is 0.0190. The molecule has 2 rings (SSSR count). The molecule has 0 aliphatic rings. The summed E-state index contributed by atoms with van der Waals surface area (Å²) < 4.78 is 0.968. The molecule has 0 bridgehead atoms. The topological polar surface area (TPSA) is 29.1 Å². The maximum Gasteiger partial charge on any atom is 0.234 e. The zero-order chi connectivity index (χ0) is 17.1. The summed E-state index contributed by atoms with van der Waals surface area (Å²) in [7, 11) is 0. The Hall–Kier alpha value is -1.61. The summed E-state index contributed by atoms with van der Waals surface area (Å²) in [6.07, 6.45) is 0.751. The van der Waals surface area contributed by atoms with Gasteiger partial charge in [-0.1, -0.05) is 73.1 Å². The molecule has 1 atom stereocenters. The molecule has 0 spiro atoms. The highest BCUT2D eigenvalue weighted by Gasteiger charge is 2.40. The monoisotopic (exact) mass is 373 g/mol. The highest BCUT2D eigenvalue weighted by atomic mass is 79.9. The second-order valence-electron chi connectivity index (χ2n) is 7.37. The molecule has 0 fully saturated rings. The van der Waals surface area contributed by atoms with Crippen LogP contribution < -0.4 is 5.32 Å². The van der Waals surface area contributed by atoms with E-state index in [0.29, 0.717) is 0 Å². The first-order valence-electron chi connectivity index (χ1n) is 7.84. The number of rotatable bonds is 4. The molecule has 0 saturated carbocycles. The lowest BCUT2D eigenvalue weighted by atomic mass is 9.70. The second kappa shape index (κ2) is 6.88. The fourth-order valence-corrected chi connectivity index (χ4v) is 3.78. The minimum atomic E-state index is -0.617. The van der Waals surface area contributed by atoms with Crippen LogP contribution in [0.25, 0.3) is 0 Å². The van der Waals surface area contributed by atoms with Gasteiger partial charge in [0, 0.05) is 10.2 Å². The van der Waals surface area contributed by atoms with E-state index in [0.717, 1.165) is 22.1 Å². The molecule has 122 valence electrons. The molecular weight excluding hydrogens is 350 g/mol. The third-order valence-corrected chi connectivity index (χ3v) is 4.58. The van der Waals surface area contributed by atoms with Gasteiger partial charge in [0.1, 0.15) is 0 Å². The van der Waals surface area contributed by atoms with E-state index < -0.39 is 5.41 Å². The Kier molecular flexibility index (Phi) is 5.30. The van der Waals surface area contributed by atoms with E-state index in [-0.39, 0.29) is 11.3 Å². The Balaban J connectivity index is 2.41. The minimum Gasteiger partial charge on any atom is -0.325 e. The van der Waals surface area contributed by atoms with Crippen LogP contribution in [0.4, 0.5) is 5.69 Å². The van der Waals surface area contributed by atoms with Gasteiger partial charge >= 0.3 is 0 Å². The van der Waals surface area contributed by atoms with Crippen molar-refractivity contribution in [3.05, 3.63) is 64.6 Å². The van der Waals surface area contributed by atoms with Gasteiger partial charge < -0.3 is 5.32 Å². The summed E-state index contributed by atoms with van der Waals surface area (Å²) in [6.45, 7) is 8.52. The summed E-state index contributed by atoms with van der Waals surface area (Å²) in [4.78, 5) is 13.1.